The minimum atomic E-state index is -1.26. The first-order chi connectivity index (χ1) is 15.0. The van der Waals surface area contributed by atoms with Crippen LogP contribution < -0.4 is 0 Å². The molecule has 0 spiro atoms. The summed E-state index contributed by atoms with van der Waals surface area (Å²) < 4.78 is 0. The highest BCUT2D eigenvalue weighted by Crippen LogP contribution is 2.36. The zero-order chi connectivity index (χ0) is 22.1. The molecule has 4 rings (SSSR count). The van der Waals surface area contributed by atoms with E-state index in [0.717, 1.165) is 6.42 Å². The molecule has 5 nitrogen and oxygen atoms in total. The second-order valence-electron chi connectivity index (χ2n) is 7.79. The van der Waals surface area contributed by atoms with Gasteiger partial charge < -0.3 is 15.1 Å². The lowest BCUT2D eigenvalue weighted by Gasteiger charge is -2.26. The average molecular weight is 420 g/mol. The van der Waals surface area contributed by atoms with Gasteiger partial charge in [-0.25, -0.2) is 9.59 Å². The second kappa shape index (κ2) is 11.3. The van der Waals surface area contributed by atoms with Crippen molar-refractivity contribution in [2.75, 3.05) is 19.6 Å². The molecule has 2 N–H and O–H groups in total. The van der Waals surface area contributed by atoms with E-state index in [9.17, 15) is 9.59 Å². The standard InChI is InChI=1S/C22H25N.C4H4O4/c1-3-8-18(9-4-1)20-10-7-11-21-19(12-13-22(20)21)14-17-23-15-5-2-6-16-23;5-3(6)1-2-4(7)8/h1,3-4,7-12H,2,5-6,13-17H2;1-2H,(H,5,6)(H,7,8). The van der Waals surface area contributed by atoms with Crippen molar-refractivity contribution >= 4 is 17.5 Å². The van der Waals surface area contributed by atoms with Crippen molar-refractivity contribution in [3.8, 4) is 11.1 Å². The van der Waals surface area contributed by atoms with Gasteiger partial charge in [-0.1, -0.05) is 61.0 Å². The molecule has 0 unspecified atom stereocenters. The van der Waals surface area contributed by atoms with Crippen molar-refractivity contribution in [3.05, 3.63) is 77.9 Å². The molecule has 1 aliphatic carbocycles. The van der Waals surface area contributed by atoms with Crippen molar-refractivity contribution in [3.63, 3.8) is 0 Å². The maximum Gasteiger partial charge on any atom is 0.328 e. The van der Waals surface area contributed by atoms with Crippen LogP contribution in [0.25, 0.3) is 16.7 Å². The number of allylic oxidation sites excluding steroid dienone is 1. The number of carboxylic acid groups (broad SMARTS) is 2. The van der Waals surface area contributed by atoms with Gasteiger partial charge in [0, 0.05) is 18.7 Å². The Morgan fingerprint density at radius 3 is 2.13 bits per heavy atom. The van der Waals surface area contributed by atoms with Gasteiger partial charge in [-0.15, -0.1) is 0 Å². The van der Waals surface area contributed by atoms with E-state index in [0.29, 0.717) is 12.2 Å². The van der Waals surface area contributed by atoms with Crippen LogP contribution in [0, 0.1) is 0 Å². The van der Waals surface area contributed by atoms with Crippen molar-refractivity contribution in [1.29, 1.82) is 0 Å². The smallest absolute Gasteiger partial charge is 0.328 e. The summed E-state index contributed by atoms with van der Waals surface area (Å²) in [5, 5.41) is 15.6. The molecule has 2 aromatic carbocycles. The zero-order valence-electron chi connectivity index (χ0n) is 17.7. The minimum Gasteiger partial charge on any atom is -0.478 e. The lowest BCUT2D eigenvalue weighted by molar-refractivity contribution is -0.134. The number of hydrogen-bond acceptors (Lipinski definition) is 3. The van der Waals surface area contributed by atoms with E-state index in [1.807, 2.05) is 0 Å². The molecule has 0 saturated carbocycles. The van der Waals surface area contributed by atoms with E-state index >= 15 is 0 Å². The third-order valence-electron chi connectivity index (χ3n) is 5.67. The SMILES string of the molecule is C1=C(CCN2CCCCC2)c2cccc(-c3ccccc3)c2C1.O=C(O)C=CC(=O)O. The molecule has 0 aromatic heterocycles. The largest absolute Gasteiger partial charge is 0.478 e. The molecular formula is C26H29NO4. The van der Waals surface area contributed by atoms with Gasteiger partial charge in [0.15, 0.2) is 0 Å². The first-order valence-electron chi connectivity index (χ1n) is 10.8. The summed E-state index contributed by atoms with van der Waals surface area (Å²) in [5.41, 5.74) is 7.32. The Kier molecular flexibility index (Phi) is 8.19. The van der Waals surface area contributed by atoms with Crippen LogP contribution in [-0.4, -0.2) is 46.7 Å². The summed E-state index contributed by atoms with van der Waals surface area (Å²) in [6, 6.07) is 17.6. The van der Waals surface area contributed by atoms with Crippen molar-refractivity contribution < 1.29 is 19.8 Å². The number of nitrogens with zero attached hydrogens (tertiary/aromatic N) is 1. The first kappa shape index (κ1) is 22.5. The van der Waals surface area contributed by atoms with E-state index in [2.05, 4.69) is 59.5 Å². The predicted octanol–water partition coefficient (Wildman–Crippen LogP) is 4.88. The number of carboxylic acids is 2. The highest BCUT2D eigenvalue weighted by Gasteiger charge is 2.19. The Labute approximate surface area is 183 Å². The molecule has 1 aliphatic heterocycles. The fraction of sp³-hybridized carbons (Fsp3) is 0.308. The van der Waals surface area contributed by atoms with Gasteiger partial charge in [-0.3, -0.25) is 0 Å². The molecule has 0 radical (unpaired) electrons. The van der Waals surface area contributed by atoms with Crippen LogP contribution in [-0.2, 0) is 16.0 Å². The normalized spacial score (nSPS) is 15.7. The summed E-state index contributed by atoms with van der Waals surface area (Å²) in [4.78, 5) is 21.7. The molecule has 2 aliphatic rings. The van der Waals surface area contributed by atoms with Gasteiger partial charge in [0.2, 0.25) is 0 Å². The number of piperidine rings is 1. The molecule has 0 atom stereocenters. The summed E-state index contributed by atoms with van der Waals surface area (Å²) in [7, 11) is 0. The maximum absolute atomic E-state index is 9.55. The fourth-order valence-corrected chi connectivity index (χ4v) is 4.17. The number of likely N-dealkylation sites (tertiary alicyclic amines) is 1. The van der Waals surface area contributed by atoms with Crippen molar-refractivity contribution in [2.24, 2.45) is 0 Å². The number of carbonyl (C=O) groups is 2. The number of benzene rings is 2. The zero-order valence-corrected chi connectivity index (χ0v) is 17.7. The Balaban J connectivity index is 0.000000293. The van der Waals surface area contributed by atoms with Crippen LogP contribution in [0.5, 0.6) is 0 Å². The van der Waals surface area contributed by atoms with E-state index < -0.39 is 11.9 Å². The third-order valence-corrected chi connectivity index (χ3v) is 5.67. The first-order valence-corrected chi connectivity index (χ1v) is 10.8. The van der Waals surface area contributed by atoms with E-state index in [1.165, 1.54) is 67.6 Å². The Bertz CT molecular complexity index is 941. The van der Waals surface area contributed by atoms with Crippen LogP contribution in [0.2, 0.25) is 0 Å². The van der Waals surface area contributed by atoms with Crippen LogP contribution in [0.4, 0.5) is 0 Å². The number of aliphatic carboxylic acids is 2. The summed E-state index contributed by atoms with van der Waals surface area (Å²) in [6.45, 7) is 3.81. The molecular weight excluding hydrogens is 390 g/mol. The topological polar surface area (TPSA) is 77.8 Å². The van der Waals surface area contributed by atoms with Gasteiger partial charge in [0.25, 0.3) is 0 Å². The highest BCUT2D eigenvalue weighted by atomic mass is 16.4. The Hall–Kier alpha value is -3.18. The van der Waals surface area contributed by atoms with Crippen LogP contribution in [0.1, 0.15) is 36.8 Å². The minimum absolute atomic E-state index is 0.558. The second-order valence-corrected chi connectivity index (χ2v) is 7.79. The van der Waals surface area contributed by atoms with Gasteiger partial charge in [0.05, 0.1) is 0 Å². The molecule has 1 saturated heterocycles. The van der Waals surface area contributed by atoms with Gasteiger partial charge in [0.1, 0.15) is 0 Å². The fourth-order valence-electron chi connectivity index (χ4n) is 4.17. The Morgan fingerprint density at radius 2 is 1.48 bits per heavy atom. The van der Waals surface area contributed by atoms with Gasteiger partial charge >= 0.3 is 11.9 Å². The quantitative estimate of drug-likeness (QED) is 0.653. The summed E-state index contributed by atoms with van der Waals surface area (Å²) in [5.74, 6) is -2.51. The number of hydrogen-bond donors (Lipinski definition) is 2. The van der Waals surface area contributed by atoms with Gasteiger partial charge in [-0.05, 0) is 66.6 Å². The van der Waals surface area contributed by atoms with E-state index in [-0.39, 0.29) is 0 Å². The number of rotatable bonds is 6. The van der Waals surface area contributed by atoms with Crippen LogP contribution in [0.3, 0.4) is 0 Å². The number of fused-ring (bicyclic) bond motifs is 1. The third kappa shape index (κ3) is 6.66. The molecule has 0 amide bonds. The Morgan fingerprint density at radius 1 is 0.839 bits per heavy atom. The van der Waals surface area contributed by atoms with E-state index in [1.54, 1.807) is 5.57 Å². The summed E-state index contributed by atoms with van der Waals surface area (Å²) >= 11 is 0. The molecule has 5 heteroatoms. The molecule has 1 heterocycles. The van der Waals surface area contributed by atoms with Crippen LogP contribution in [0.15, 0.2) is 66.8 Å². The molecule has 31 heavy (non-hydrogen) atoms. The highest BCUT2D eigenvalue weighted by molar-refractivity contribution is 5.89. The van der Waals surface area contributed by atoms with Gasteiger partial charge in [-0.2, -0.15) is 0 Å². The van der Waals surface area contributed by atoms with Crippen molar-refractivity contribution in [1.82, 2.24) is 4.90 Å². The lowest BCUT2D eigenvalue weighted by atomic mass is 9.94. The molecule has 0 bridgehead atoms. The predicted molar refractivity (Wildman–Crippen MR) is 123 cm³/mol. The van der Waals surface area contributed by atoms with E-state index in [4.69, 9.17) is 10.2 Å². The molecule has 2 aromatic rings. The van der Waals surface area contributed by atoms with Crippen molar-refractivity contribution in [2.45, 2.75) is 32.1 Å². The van der Waals surface area contributed by atoms with Crippen LogP contribution >= 0.6 is 0 Å². The molecule has 162 valence electrons. The monoisotopic (exact) mass is 419 g/mol. The maximum atomic E-state index is 9.55. The molecule has 1 fully saturated rings. The lowest BCUT2D eigenvalue weighted by Crippen LogP contribution is -2.30. The summed E-state index contributed by atoms with van der Waals surface area (Å²) in [6.07, 6.45) is 10.1. The average Bonchev–Trinajstić information content (AvgIpc) is 3.21.